The summed E-state index contributed by atoms with van der Waals surface area (Å²) in [6.07, 6.45) is 1.95. The number of anilines is 2. The Morgan fingerprint density at radius 2 is 0.819 bits per heavy atom. The minimum absolute atomic E-state index is 0.0335. The van der Waals surface area contributed by atoms with Gasteiger partial charge in [0.1, 0.15) is 24.0 Å². The molecule has 0 unspecified atom stereocenters. The van der Waals surface area contributed by atoms with Crippen molar-refractivity contribution in [1.82, 2.24) is 18.7 Å². The van der Waals surface area contributed by atoms with E-state index in [0.717, 1.165) is 56.2 Å². The molecule has 0 N–H and O–H groups in total. The molecule has 5 heterocycles. The van der Waals surface area contributed by atoms with E-state index < -0.39 is 0 Å². The fourth-order valence-corrected chi connectivity index (χ4v) is 14.7. The lowest BCUT2D eigenvalue weighted by Gasteiger charge is -2.27. The number of aromatic nitrogens is 4. The smallest absolute Gasteiger partial charge is 0.137 e. The molecule has 462 valence electrons. The predicted octanol–water partition coefficient (Wildman–Crippen LogP) is 24.2. The van der Waals surface area contributed by atoms with Crippen LogP contribution in [0.25, 0.3) is 121 Å². The van der Waals surface area contributed by atoms with Crippen LogP contribution in [-0.2, 0) is 28.3 Å². The number of hydrogen-bond acceptors (Lipinski definition) is 3. The van der Waals surface area contributed by atoms with Crippen molar-refractivity contribution in [3.8, 4) is 45.3 Å². The second-order valence-electron chi connectivity index (χ2n) is 30.1. The Balaban J connectivity index is 0.868. The van der Waals surface area contributed by atoms with Crippen LogP contribution in [0.5, 0.6) is 11.5 Å². The van der Waals surface area contributed by atoms with Gasteiger partial charge in [-0.15, -0.1) is 0 Å². The highest BCUT2D eigenvalue weighted by Crippen LogP contribution is 2.48. The van der Waals surface area contributed by atoms with E-state index in [0.29, 0.717) is 6.67 Å². The highest BCUT2D eigenvalue weighted by Gasteiger charge is 2.29. The van der Waals surface area contributed by atoms with Crippen molar-refractivity contribution in [3.05, 3.63) is 271 Å². The quantitative estimate of drug-likeness (QED) is 0.160. The molecule has 15 aromatic rings. The molecule has 0 radical (unpaired) electrons. The predicted molar refractivity (Wildman–Crippen MR) is 399 cm³/mol. The Bertz CT molecular complexity index is 5600. The summed E-state index contributed by atoms with van der Waals surface area (Å²) >= 11 is 0. The van der Waals surface area contributed by atoms with Crippen LogP contribution in [0.3, 0.4) is 0 Å². The Hall–Kier alpha value is -10.4. The summed E-state index contributed by atoms with van der Waals surface area (Å²) in [7, 11) is 0. The first-order valence-corrected chi connectivity index (χ1v) is 33.3. The van der Waals surface area contributed by atoms with Crippen LogP contribution in [0.2, 0.25) is 0 Å². The van der Waals surface area contributed by atoms with E-state index in [2.05, 4.69) is 344 Å². The zero-order chi connectivity index (χ0) is 64.7. The van der Waals surface area contributed by atoms with Crippen molar-refractivity contribution >= 4 is 98.3 Å². The van der Waals surface area contributed by atoms with Gasteiger partial charge < -0.3 is 18.8 Å². The highest BCUT2D eigenvalue weighted by molar-refractivity contribution is 6.22. The van der Waals surface area contributed by atoms with Crippen molar-refractivity contribution in [1.29, 1.82) is 0 Å². The Morgan fingerprint density at radius 1 is 0.319 bits per heavy atom. The number of fused-ring (bicyclic) bond motifs is 13. The standard InChI is InChI=1S/C88H79N5O/c1-85(2,3)58-42-43-89-82(50-58)93-79-41-38-63(92-77-35-19-17-30-71(77)72-31-18-20-36-78(72)92)52-76(79)73-40-39-65(53-81(73)93)94-64-25-21-24-62(51-64)90-54-91-83-66(57-44-55(45-59(48-57)86(4,5)6)56-46-60(87(7,8)9)49-61(47-56)88(10,11)12)32-22-33-74(83)69-28-15-13-26-67(69)68-27-14-16-29-70(68)75-34-23-37-80(90)84(75)91/h13-53H,54H2,1-12H3. The lowest BCUT2D eigenvalue weighted by atomic mass is 9.78. The van der Waals surface area contributed by atoms with Crippen LogP contribution < -0.4 is 9.64 Å². The van der Waals surface area contributed by atoms with Crippen LogP contribution in [0, 0.1) is 0 Å². The summed E-state index contributed by atoms with van der Waals surface area (Å²) in [6.45, 7) is 28.4. The van der Waals surface area contributed by atoms with E-state index in [1.165, 1.54) is 110 Å². The topological polar surface area (TPSA) is 40.1 Å². The molecule has 16 rings (SSSR count). The summed E-state index contributed by atoms with van der Waals surface area (Å²) in [5, 5.41) is 11.9. The first-order valence-electron chi connectivity index (χ1n) is 33.3. The number of ether oxygens (including phenoxy) is 1. The van der Waals surface area contributed by atoms with E-state index in [1.807, 2.05) is 6.20 Å². The highest BCUT2D eigenvalue weighted by atomic mass is 16.5. The first-order chi connectivity index (χ1) is 45.1. The largest absolute Gasteiger partial charge is 0.457 e. The molecule has 94 heavy (non-hydrogen) atoms. The zero-order valence-corrected chi connectivity index (χ0v) is 56.0. The minimum Gasteiger partial charge on any atom is -0.457 e. The summed E-state index contributed by atoms with van der Waals surface area (Å²) < 4.78 is 14.5. The maximum atomic E-state index is 7.14. The average Bonchev–Trinajstić information content (AvgIpc) is 1.58. The number of hydrogen-bond donors (Lipinski definition) is 0. The number of rotatable bonds is 7. The average molecular weight is 1220 g/mol. The molecule has 0 atom stereocenters. The van der Waals surface area contributed by atoms with Gasteiger partial charge in [-0.05, 0) is 161 Å². The molecule has 0 aliphatic carbocycles. The van der Waals surface area contributed by atoms with Gasteiger partial charge in [-0.25, -0.2) is 4.98 Å². The number of nitrogens with zero attached hydrogens (tertiary/aromatic N) is 5. The van der Waals surface area contributed by atoms with E-state index >= 15 is 0 Å². The van der Waals surface area contributed by atoms with Crippen LogP contribution in [0.1, 0.15) is 105 Å². The molecule has 0 spiro atoms. The molecular weight excluding hydrogens is 1140 g/mol. The number of benzene rings is 11. The molecule has 0 fully saturated rings. The molecule has 0 amide bonds. The molecule has 1 aliphatic rings. The van der Waals surface area contributed by atoms with Crippen molar-refractivity contribution < 1.29 is 4.74 Å². The van der Waals surface area contributed by atoms with Gasteiger partial charge in [0.25, 0.3) is 0 Å². The Kier molecular flexibility index (Phi) is 13.5. The number of para-hydroxylation sites is 4. The molecule has 6 heteroatoms. The van der Waals surface area contributed by atoms with Crippen molar-refractivity contribution in [2.45, 2.75) is 111 Å². The lowest BCUT2D eigenvalue weighted by molar-refractivity contribution is 0.483. The van der Waals surface area contributed by atoms with Crippen molar-refractivity contribution in [3.63, 3.8) is 0 Å². The van der Waals surface area contributed by atoms with E-state index in [9.17, 15) is 0 Å². The third-order valence-corrected chi connectivity index (χ3v) is 19.8. The van der Waals surface area contributed by atoms with Gasteiger partial charge in [0, 0.05) is 67.6 Å². The summed E-state index contributed by atoms with van der Waals surface area (Å²) in [5.41, 5.74) is 19.8. The van der Waals surface area contributed by atoms with Crippen LogP contribution in [-0.4, -0.2) is 18.7 Å². The minimum atomic E-state index is -0.135. The normalized spacial score (nSPS) is 13.0. The summed E-state index contributed by atoms with van der Waals surface area (Å²) in [6, 6.07) is 90.5. The van der Waals surface area contributed by atoms with E-state index in [4.69, 9.17) is 9.72 Å². The van der Waals surface area contributed by atoms with Gasteiger partial charge >= 0.3 is 0 Å². The zero-order valence-electron chi connectivity index (χ0n) is 56.0. The van der Waals surface area contributed by atoms with Gasteiger partial charge in [0.2, 0.25) is 0 Å². The van der Waals surface area contributed by atoms with Crippen LogP contribution in [0.4, 0.5) is 11.4 Å². The number of pyridine rings is 1. The summed E-state index contributed by atoms with van der Waals surface area (Å²) in [5.74, 6) is 2.35. The first kappa shape index (κ1) is 58.6. The fourth-order valence-electron chi connectivity index (χ4n) is 14.7. The molecule has 0 bridgehead atoms. The van der Waals surface area contributed by atoms with Crippen molar-refractivity contribution in [2.24, 2.45) is 0 Å². The molecule has 1 aliphatic heterocycles. The third kappa shape index (κ3) is 9.87. The van der Waals surface area contributed by atoms with Gasteiger partial charge in [-0.1, -0.05) is 235 Å². The molecule has 4 aromatic heterocycles. The van der Waals surface area contributed by atoms with Gasteiger partial charge in [0.05, 0.1) is 38.8 Å². The van der Waals surface area contributed by atoms with Crippen molar-refractivity contribution in [2.75, 3.05) is 4.90 Å². The Morgan fingerprint density at radius 3 is 1.45 bits per heavy atom. The second-order valence-corrected chi connectivity index (χ2v) is 30.1. The molecule has 11 aromatic carbocycles. The summed E-state index contributed by atoms with van der Waals surface area (Å²) in [4.78, 5) is 7.58. The maximum Gasteiger partial charge on any atom is 0.137 e. The van der Waals surface area contributed by atoms with Gasteiger partial charge in [0.15, 0.2) is 0 Å². The van der Waals surface area contributed by atoms with Gasteiger partial charge in [-0.2, -0.15) is 0 Å². The third-order valence-electron chi connectivity index (χ3n) is 19.8. The molecule has 0 saturated carbocycles. The molecule has 6 nitrogen and oxygen atoms in total. The van der Waals surface area contributed by atoms with Gasteiger partial charge in [-0.3, -0.25) is 4.57 Å². The SMILES string of the molecule is CC(C)(C)c1cc(-c2cc(C(C)(C)C)cc(C(C)(C)C)c2)cc(-c2cccc3c4ccccc4c4ccccc4c4cccc5c4n(c23)CN5c2cccc(Oc3ccc4c5cc(-n6c7ccccc7c7ccccc76)ccc5n(-c5cc(C(C)(C)C)ccn5)c4c3)c2)c1. The van der Waals surface area contributed by atoms with E-state index in [-0.39, 0.29) is 21.7 Å². The molecule has 0 saturated heterocycles. The maximum absolute atomic E-state index is 7.14. The lowest BCUT2D eigenvalue weighted by Crippen LogP contribution is -2.16. The van der Waals surface area contributed by atoms with Crippen LogP contribution in [0.15, 0.2) is 249 Å². The Labute approximate surface area is 551 Å². The monoisotopic (exact) mass is 1220 g/mol. The van der Waals surface area contributed by atoms with E-state index in [1.54, 1.807) is 0 Å². The second kappa shape index (κ2) is 21.6. The molecular formula is C88H79N5O. The fraction of sp³-hybridized carbons (Fsp3) is 0.193. The van der Waals surface area contributed by atoms with Crippen LogP contribution >= 0.6 is 0 Å².